The molecule has 0 amide bonds. The number of morpholine rings is 1. The van der Waals surface area contributed by atoms with E-state index in [1.807, 2.05) is 0 Å². The molecule has 1 atom stereocenters. The van der Waals surface area contributed by atoms with Gasteiger partial charge in [0.2, 0.25) is 5.13 Å². The van der Waals surface area contributed by atoms with Crippen LogP contribution in [0.2, 0.25) is 0 Å². The number of oxime groups is 1. The molecule has 0 bridgehead atoms. The molecule has 1 saturated heterocycles. The van der Waals surface area contributed by atoms with Crippen molar-refractivity contribution >= 4 is 22.5 Å². The molecule has 7 nitrogen and oxygen atoms in total. The highest BCUT2D eigenvalue weighted by atomic mass is 32.1. The Bertz CT molecular complexity index is 459. The smallest absolute Gasteiger partial charge is 0.205 e. The topological polar surface area (TPSA) is 96.9 Å². The minimum atomic E-state index is -0.378. The zero-order valence-electron chi connectivity index (χ0n) is 9.82. The first-order valence-electron chi connectivity index (χ1n) is 5.95. The Morgan fingerprint density at radius 3 is 3.11 bits per heavy atom. The van der Waals surface area contributed by atoms with E-state index in [2.05, 4.69) is 19.4 Å². The summed E-state index contributed by atoms with van der Waals surface area (Å²) in [6, 6.07) is 0. The van der Waals surface area contributed by atoms with Gasteiger partial charge in [-0.1, -0.05) is 5.16 Å². The molecular weight excluding hydrogens is 254 g/mol. The van der Waals surface area contributed by atoms with Gasteiger partial charge in [-0.15, -0.1) is 0 Å². The Morgan fingerprint density at radius 2 is 2.39 bits per heavy atom. The van der Waals surface area contributed by atoms with Crippen molar-refractivity contribution in [1.29, 1.82) is 0 Å². The summed E-state index contributed by atoms with van der Waals surface area (Å²) in [5, 5.41) is 12.6. The lowest BCUT2D eigenvalue weighted by Gasteiger charge is -2.31. The van der Waals surface area contributed by atoms with Crippen LogP contribution >= 0.6 is 11.5 Å². The van der Waals surface area contributed by atoms with Gasteiger partial charge in [-0.25, -0.2) is 4.98 Å². The van der Waals surface area contributed by atoms with Gasteiger partial charge in [0.05, 0.1) is 13.2 Å². The summed E-state index contributed by atoms with van der Waals surface area (Å²) in [7, 11) is 0. The molecule has 1 aromatic rings. The number of ether oxygens (including phenoxy) is 1. The van der Waals surface area contributed by atoms with Crippen LogP contribution in [0.5, 0.6) is 0 Å². The number of anilines is 1. The average molecular weight is 269 g/mol. The average Bonchev–Trinajstić information content (AvgIpc) is 3.15. The van der Waals surface area contributed by atoms with E-state index in [-0.39, 0.29) is 11.9 Å². The molecule has 3 rings (SSSR count). The van der Waals surface area contributed by atoms with Crippen molar-refractivity contribution in [1.82, 2.24) is 9.36 Å². The molecule has 2 heterocycles. The van der Waals surface area contributed by atoms with Gasteiger partial charge in [-0.05, 0) is 12.8 Å². The van der Waals surface area contributed by atoms with Crippen molar-refractivity contribution in [2.24, 2.45) is 10.9 Å². The van der Waals surface area contributed by atoms with E-state index in [4.69, 9.17) is 15.7 Å². The van der Waals surface area contributed by atoms with E-state index >= 15 is 0 Å². The van der Waals surface area contributed by atoms with Crippen molar-refractivity contribution in [3.8, 4) is 0 Å². The van der Waals surface area contributed by atoms with E-state index in [0.29, 0.717) is 19.1 Å². The Hall–Kier alpha value is -1.41. The number of nitrogens with zero attached hydrogens (tertiary/aromatic N) is 4. The van der Waals surface area contributed by atoms with Gasteiger partial charge in [0.25, 0.3) is 0 Å². The van der Waals surface area contributed by atoms with Crippen LogP contribution in [-0.4, -0.2) is 46.2 Å². The van der Waals surface area contributed by atoms with Crippen molar-refractivity contribution < 1.29 is 9.94 Å². The normalized spacial score (nSPS) is 25.4. The van der Waals surface area contributed by atoms with Gasteiger partial charge in [0, 0.05) is 24.0 Å². The third kappa shape index (κ3) is 2.25. The molecule has 3 N–H and O–H groups in total. The van der Waals surface area contributed by atoms with Crippen LogP contribution in [0, 0.1) is 0 Å². The summed E-state index contributed by atoms with van der Waals surface area (Å²) in [5.41, 5.74) is 5.57. The Labute approximate surface area is 108 Å². The third-order valence-electron chi connectivity index (χ3n) is 3.16. The first-order valence-corrected chi connectivity index (χ1v) is 6.73. The molecule has 1 aliphatic heterocycles. The van der Waals surface area contributed by atoms with Crippen LogP contribution in [-0.2, 0) is 4.74 Å². The molecule has 1 aliphatic carbocycles. The number of hydrogen-bond acceptors (Lipinski definition) is 7. The van der Waals surface area contributed by atoms with Gasteiger partial charge in [-0.3, -0.25) is 0 Å². The second-order valence-corrected chi connectivity index (χ2v) is 5.27. The van der Waals surface area contributed by atoms with E-state index in [0.717, 1.165) is 17.5 Å². The Balaban J connectivity index is 1.70. The van der Waals surface area contributed by atoms with Gasteiger partial charge in [-0.2, -0.15) is 4.37 Å². The molecule has 2 aliphatic rings. The molecule has 1 unspecified atom stereocenters. The fraction of sp³-hybridized carbons (Fsp3) is 0.700. The van der Waals surface area contributed by atoms with E-state index in [9.17, 15) is 0 Å². The summed E-state index contributed by atoms with van der Waals surface area (Å²) in [4.78, 5) is 6.63. The lowest BCUT2D eigenvalue weighted by Crippen LogP contribution is -2.48. The van der Waals surface area contributed by atoms with Crippen LogP contribution in [0.3, 0.4) is 0 Å². The molecule has 8 heteroatoms. The van der Waals surface area contributed by atoms with Gasteiger partial charge in [0.15, 0.2) is 5.84 Å². The summed E-state index contributed by atoms with van der Waals surface area (Å²) in [6.45, 7) is 1.85. The van der Waals surface area contributed by atoms with Crippen molar-refractivity contribution in [2.45, 2.75) is 24.9 Å². The Morgan fingerprint density at radius 1 is 1.56 bits per heavy atom. The summed E-state index contributed by atoms with van der Waals surface area (Å²) >= 11 is 1.41. The highest BCUT2D eigenvalue weighted by molar-refractivity contribution is 7.09. The molecule has 2 fully saturated rings. The molecule has 1 aromatic heterocycles. The minimum absolute atomic E-state index is 0.103. The third-order valence-corrected chi connectivity index (χ3v) is 3.95. The number of amidine groups is 1. The highest BCUT2D eigenvalue weighted by Crippen LogP contribution is 2.39. The maximum atomic E-state index is 8.67. The lowest BCUT2D eigenvalue weighted by atomic mass is 10.2. The molecule has 98 valence electrons. The fourth-order valence-corrected chi connectivity index (χ4v) is 2.71. The number of aromatic nitrogens is 2. The predicted octanol–water partition coefficient (Wildman–Crippen LogP) is 0.367. The fourth-order valence-electron chi connectivity index (χ4n) is 1.93. The molecule has 18 heavy (non-hydrogen) atoms. The van der Waals surface area contributed by atoms with Crippen molar-refractivity contribution in [3.05, 3.63) is 5.82 Å². The monoisotopic (exact) mass is 269 g/mol. The van der Waals surface area contributed by atoms with Gasteiger partial charge >= 0.3 is 0 Å². The van der Waals surface area contributed by atoms with Crippen LogP contribution < -0.4 is 10.6 Å². The molecular formula is C10H15N5O2S. The SMILES string of the molecule is NC(=NO)C1CN(c2nc(C3CC3)ns2)CCO1. The van der Waals surface area contributed by atoms with Gasteiger partial charge < -0.3 is 20.6 Å². The van der Waals surface area contributed by atoms with Gasteiger partial charge in [0.1, 0.15) is 11.9 Å². The number of nitrogens with two attached hydrogens (primary N) is 1. The predicted molar refractivity (Wildman–Crippen MR) is 67.2 cm³/mol. The van der Waals surface area contributed by atoms with Crippen LogP contribution in [0.4, 0.5) is 5.13 Å². The van der Waals surface area contributed by atoms with Crippen molar-refractivity contribution in [2.75, 3.05) is 24.6 Å². The van der Waals surface area contributed by atoms with Crippen molar-refractivity contribution in [3.63, 3.8) is 0 Å². The highest BCUT2D eigenvalue weighted by Gasteiger charge is 2.30. The zero-order chi connectivity index (χ0) is 12.5. The lowest BCUT2D eigenvalue weighted by molar-refractivity contribution is 0.0807. The minimum Gasteiger partial charge on any atom is -0.409 e. The largest absolute Gasteiger partial charge is 0.409 e. The quantitative estimate of drug-likeness (QED) is 0.356. The molecule has 0 radical (unpaired) electrons. The van der Waals surface area contributed by atoms with Crippen LogP contribution in [0.15, 0.2) is 5.16 Å². The second-order valence-electron chi connectivity index (χ2n) is 4.54. The van der Waals surface area contributed by atoms with E-state index in [1.54, 1.807) is 0 Å². The number of rotatable bonds is 3. The summed E-state index contributed by atoms with van der Waals surface area (Å²) < 4.78 is 9.83. The number of hydrogen-bond donors (Lipinski definition) is 2. The second kappa shape index (κ2) is 4.69. The molecule has 0 spiro atoms. The molecule has 0 aromatic carbocycles. The van der Waals surface area contributed by atoms with E-state index < -0.39 is 0 Å². The standard InChI is InChI=1S/C10H15N5O2S/c11-8(13-16)7-5-15(3-4-17-7)10-12-9(14-18-10)6-1-2-6/h6-7,16H,1-5H2,(H2,11,13). The first kappa shape index (κ1) is 11.7. The summed E-state index contributed by atoms with van der Waals surface area (Å²) in [6.07, 6.45) is 2.02. The summed E-state index contributed by atoms with van der Waals surface area (Å²) in [5.74, 6) is 1.63. The first-order chi connectivity index (χ1) is 8.78. The Kier molecular flexibility index (Phi) is 3.04. The molecule has 1 saturated carbocycles. The maximum Gasteiger partial charge on any atom is 0.205 e. The van der Waals surface area contributed by atoms with E-state index in [1.165, 1.54) is 24.4 Å². The zero-order valence-corrected chi connectivity index (χ0v) is 10.6. The maximum absolute atomic E-state index is 8.67. The van der Waals surface area contributed by atoms with Crippen LogP contribution in [0.1, 0.15) is 24.6 Å². The van der Waals surface area contributed by atoms with Crippen LogP contribution in [0.25, 0.3) is 0 Å².